The van der Waals surface area contributed by atoms with Crippen LogP contribution in [0.25, 0.3) is 11.0 Å². The lowest BCUT2D eigenvalue weighted by Gasteiger charge is -2.44. The Kier molecular flexibility index (Phi) is 7.85. The molecule has 42 heavy (non-hydrogen) atoms. The van der Waals surface area contributed by atoms with E-state index in [0.717, 1.165) is 32.4 Å². The molecule has 8 nitrogen and oxygen atoms in total. The summed E-state index contributed by atoms with van der Waals surface area (Å²) < 4.78 is 18.1. The summed E-state index contributed by atoms with van der Waals surface area (Å²) in [6.07, 6.45) is 2.70. The first-order valence-electron chi connectivity index (χ1n) is 14.0. The Morgan fingerprint density at radius 2 is 1.93 bits per heavy atom. The molecule has 1 aliphatic heterocycles. The van der Waals surface area contributed by atoms with Gasteiger partial charge in [-0.1, -0.05) is 64.8 Å². The second kappa shape index (κ2) is 11.1. The van der Waals surface area contributed by atoms with Crippen LogP contribution in [-0.4, -0.2) is 42.1 Å². The molecule has 1 saturated heterocycles. The van der Waals surface area contributed by atoms with Crippen LogP contribution < -0.4 is 15.2 Å². The van der Waals surface area contributed by atoms with Crippen LogP contribution in [0, 0.1) is 12.3 Å². The lowest BCUT2D eigenvalue weighted by Crippen LogP contribution is -2.50. The van der Waals surface area contributed by atoms with Crippen LogP contribution in [0.5, 0.6) is 0 Å². The average molecular weight is 646 g/mol. The fraction of sp³-hybridized carbons (Fsp3) is 0.433. The smallest absolute Gasteiger partial charge is 0.266 e. The highest BCUT2D eigenvalue weighted by atomic mass is 35.5. The Bertz CT molecular complexity index is 1730. The van der Waals surface area contributed by atoms with Gasteiger partial charge in [0.15, 0.2) is 5.65 Å². The molecule has 4 aromatic rings. The topological polar surface area (TPSA) is 102 Å². The van der Waals surface area contributed by atoms with E-state index in [2.05, 4.69) is 44.9 Å². The number of rotatable bonds is 5. The van der Waals surface area contributed by atoms with Crippen LogP contribution in [-0.2, 0) is 24.8 Å². The molecule has 2 N–H and O–H groups in total. The van der Waals surface area contributed by atoms with Crippen molar-refractivity contribution < 1.29 is 4.55 Å². The van der Waals surface area contributed by atoms with Crippen LogP contribution in [0.2, 0.25) is 10.0 Å². The predicted octanol–water partition coefficient (Wildman–Crippen LogP) is 6.36. The molecule has 2 aliphatic rings. The molecule has 2 atom stereocenters. The number of fused-ring (bicyclic) bond motifs is 2. The molecule has 3 heterocycles. The highest BCUT2D eigenvalue weighted by Gasteiger charge is 2.50. The molecule has 222 valence electrons. The zero-order valence-electron chi connectivity index (χ0n) is 24.3. The van der Waals surface area contributed by atoms with Crippen LogP contribution in [0.3, 0.4) is 0 Å². The lowest BCUT2D eigenvalue weighted by atomic mass is 9.73. The number of anilines is 1. The SMILES string of the molecule is Cc1ccc2c(c1)[C@@H](N[S+]([O-])C(C)(C)C)C1(CCN(c3nc4[nH]nc(Sc5cccc(Cl)c5Cl)c4c(=O)n3C)CC1)C2. The zero-order chi connectivity index (χ0) is 30.0. The van der Waals surface area contributed by atoms with Crippen molar-refractivity contribution in [3.05, 3.63) is 73.5 Å². The molecule has 2 aromatic carbocycles. The molecule has 1 fully saturated rings. The standard InChI is InChI=1S/C30H34Cl2N6O2S2/c1-17-9-10-18-16-30(24(19(18)15-17)36-42(40)29(2,3)4)11-13-38(14-12-30)28-33-25-22(27(39)37(28)5)26(35-34-25)41-21-8-6-7-20(31)23(21)32/h6-10,15,24,36H,11-14,16H2,1-5H3,(H,34,35)/t24-,42?/m1/s1. The number of H-pyrrole nitrogens is 1. The Morgan fingerprint density at radius 3 is 2.64 bits per heavy atom. The van der Waals surface area contributed by atoms with E-state index in [1.54, 1.807) is 17.7 Å². The van der Waals surface area contributed by atoms with Gasteiger partial charge in [0, 0.05) is 41.8 Å². The van der Waals surface area contributed by atoms with Crippen LogP contribution >= 0.6 is 35.0 Å². The summed E-state index contributed by atoms with van der Waals surface area (Å²) in [5, 5.41) is 9.15. The zero-order valence-corrected chi connectivity index (χ0v) is 27.4. The van der Waals surface area contributed by atoms with E-state index in [1.807, 2.05) is 32.9 Å². The quantitative estimate of drug-likeness (QED) is 0.244. The van der Waals surface area contributed by atoms with E-state index in [9.17, 15) is 9.35 Å². The van der Waals surface area contributed by atoms with Crippen LogP contribution in [0.15, 0.2) is 51.1 Å². The number of hydrogen-bond acceptors (Lipinski definition) is 7. The van der Waals surface area contributed by atoms with E-state index < -0.39 is 11.4 Å². The molecule has 2 aromatic heterocycles. The molecule has 0 saturated carbocycles. The van der Waals surface area contributed by atoms with Gasteiger partial charge in [-0.3, -0.25) is 14.5 Å². The number of aromatic amines is 1. The molecule has 0 amide bonds. The highest BCUT2D eigenvalue weighted by Crippen LogP contribution is 2.53. The fourth-order valence-corrected chi connectivity index (χ4v) is 8.44. The van der Waals surface area contributed by atoms with Gasteiger partial charge in [0.1, 0.15) is 15.2 Å². The maximum atomic E-state index is 13.6. The molecule has 1 spiro atoms. The summed E-state index contributed by atoms with van der Waals surface area (Å²) in [6, 6.07) is 12.0. The molecular weight excluding hydrogens is 611 g/mol. The van der Waals surface area contributed by atoms with E-state index in [1.165, 1.54) is 28.5 Å². The summed E-state index contributed by atoms with van der Waals surface area (Å²) in [5.41, 5.74) is 4.00. The third-order valence-electron chi connectivity index (χ3n) is 8.46. The maximum Gasteiger partial charge on any atom is 0.266 e. The summed E-state index contributed by atoms with van der Waals surface area (Å²) in [7, 11) is 1.76. The summed E-state index contributed by atoms with van der Waals surface area (Å²) in [4.78, 5) is 21.4. The third-order valence-corrected chi connectivity index (χ3v) is 12.0. The minimum atomic E-state index is -1.20. The van der Waals surface area contributed by atoms with Crippen molar-refractivity contribution in [3.63, 3.8) is 0 Å². The van der Waals surface area contributed by atoms with E-state index in [4.69, 9.17) is 28.2 Å². The van der Waals surface area contributed by atoms with Gasteiger partial charge in [-0.15, -0.1) is 4.72 Å². The van der Waals surface area contributed by atoms with E-state index in [-0.39, 0.29) is 21.8 Å². The molecule has 1 aliphatic carbocycles. The fourth-order valence-electron chi connectivity index (χ4n) is 6.09. The van der Waals surface area contributed by atoms with E-state index in [0.29, 0.717) is 36.9 Å². The largest absolute Gasteiger partial charge is 0.598 e. The Morgan fingerprint density at radius 1 is 1.19 bits per heavy atom. The number of aromatic nitrogens is 4. The summed E-state index contributed by atoms with van der Waals surface area (Å²) in [6.45, 7) is 9.57. The maximum absolute atomic E-state index is 13.6. The lowest BCUT2D eigenvalue weighted by molar-refractivity contribution is 0.175. The third kappa shape index (κ3) is 5.24. The van der Waals surface area contributed by atoms with Gasteiger partial charge in [-0.25, -0.2) is 0 Å². The monoisotopic (exact) mass is 644 g/mol. The average Bonchev–Trinajstić information content (AvgIpc) is 3.47. The van der Waals surface area contributed by atoms with Gasteiger partial charge in [-0.2, -0.15) is 10.1 Å². The van der Waals surface area contributed by atoms with Gasteiger partial charge in [0.05, 0.1) is 16.1 Å². The number of nitrogens with one attached hydrogen (secondary N) is 2. The number of halogens is 2. The van der Waals surface area contributed by atoms with Crippen molar-refractivity contribution in [2.45, 2.75) is 67.7 Å². The first-order valence-corrected chi connectivity index (χ1v) is 16.7. The van der Waals surface area contributed by atoms with Crippen molar-refractivity contribution >= 4 is 63.3 Å². The highest BCUT2D eigenvalue weighted by molar-refractivity contribution is 7.99. The number of hydrogen-bond donors (Lipinski definition) is 2. The first kappa shape index (κ1) is 29.8. The van der Waals surface area contributed by atoms with Crippen LogP contribution in [0.4, 0.5) is 5.95 Å². The molecular formula is C30H34Cl2N6O2S2. The van der Waals surface area contributed by atoms with Crippen molar-refractivity contribution in [2.75, 3.05) is 18.0 Å². The van der Waals surface area contributed by atoms with Gasteiger partial charge in [-0.05, 0) is 70.2 Å². The predicted molar refractivity (Wildman–Crippen MR) is 172 cm³/mol. The summed E-state index contributed by atoms with van der Waals surface area (Å²) >= 11 is 12.7. The second-order valence-electron chi connectivity index (χ2n) is 12.3. The van der Waals surface area contributed by atoms with Crippen molar-refractivity contribution in [1.29, 1.82) is 0 Å². The van der Waals surface area contributed by atoms with Gasteiger partial charge < -0.3 is 9.45 Å². The van der Waals surface area contributed by atoms with Crippen molar-refractivity contribution in [2.24, 2.45) is 12.5 Å². The number of piperidine rings is 1. The Labute approximate surface area is 262 Å². The molecule has 0 bridgehead atoms. The van der Waals surface area contributed by atoms with Gasteiger partial charge >= 0.3 is 0 Å². The Hall–Kier alpha value is -2.21. The normalized spacial score (nSPS) is 19.0. The molecule has 12 heteroatoms. The Balaban J connectivity index is 1.27. The van der Waals surface area contributed by atoms with Gasteiger partial charge in [0.25, 0.3) is 5.56 Å². The first-order chi connectivity index (χ1) is 19.9. The van der Waals surface area contributed by atoms with Crippen molar-refractivity contribution in [1.82, 2.24) is 24.5 Å². The number of benzene rings is 2. The van der Waals surface area contributed by atoms with Crippen molar-refractivity contribution in [3.8, 4) is 0 Å². The minimum absolute atomic E-state index is 0.000582. The van der Waals surface area contributed by atoms with Gasteiger partial charge in [0.2, 0.25) is 5.95 Å². The summed E-state index contributed by atoms with van der Waals surface area (Å²) in [5.74, 6) is 0.609. The molecule has 1 unspecified atom stereocenters. The number of nitrogens with zero attached hydrogens (tertiary/aromatic N) is 4. The van der Waals surface area contributed by atoms with E-state index >= 15 is 0 Å². The molecule has 0 radical (unpaired) electrons. The molecule has 6 rings (SSSR count). The van der Waals surface area contributed by atoms with Crippen LogP contribution in [0.1, 0.15) is 56.3 Å². The minimum Gasteiger partial charge on any atom is -0.598 e. The number of aryl methyl sites for hydroxylation is 1. The second-order valence-corrected chi connectivity index (χ2v) is 16.2.